The van der Waals surface area contributed by atoms with Crippen molar-refractivity contribution in [1.29, 1.82) is 0 Å². The first-order chi connectivity index (χ1) is 15.6. The normalized spacial score (nSPS) is 14.6. The van der Waals surface area contributed by atoms with E-state index in [4.69, 9.17) is 11.5 Å². The maximum absolute atomic E-state index is 12.8. The van der Waals surface area contributed by atoms with Gasteiger partial charge in [-0.05, 0) is 50.6 Å². The fraction of sp³-hybridized carbons (Fsp3) is 0.565. The zero-order valence-corrected chi connectivity index (χ0v) is 19.5. The quantitative estimate of drug-likeness (QED) is 0.209. The van der Waals surface area contributed by atoms with Gasteiger partial charge in [-0.15, -0.1) is 0 Å². The van der Waals surface area contributed by atoms with Gasteiger partial charge in [0.05, 0.1) is 6.04 Å². The highest BCUT2D eigenvalue weighted by Crippen LogP contribution is 2.06. The van der Waals surface area contributed by atoms with Crippen LogP contribution in [0.2, 0.25) is 0 Å². The fourth-order valence-electron chi connectivity index (χ4n) is 3.17. The van der Waals surface area contributed by atoms with Gasteiger partial charge < -0.3 is 32.5 Å². The van der Waals surface area contributed by atoms with E-state index in [0.717, 1.165) is 5.56 Å². The van der Waals surface area contributed by atoms with Gasteiger partial charge in [0.25, 0.3) is 0 Å². The van der Waals surface area contributed by atoms with Gasteiger partial charge in [-0.3, -0.25) is 14.4 Å². The van der Waals surface area contributed by atoms with E-state index in [0.29, 0.717) is 25.8 Å². The molecular weight excluding hydrogens is 426 g/mol. The molecule has 0 bridgehead atoms. The molecule has 4 unspecified atom stereocenters. The van der Waals surface area contributed by atoms with Crippen LogP contribution in [0.4, 0.5) is 0 Å². The molecule has 0 aliphatic heterocycles. The molecule has 184 valence electrons. The standard InChI is InChI=1S/C23H37N5O5/c1-14(2)19(28-21(30)17(25)13-16-9-5-4-6-10-16)22(31)26-15(3)20(29)27-18(23(32)33)11-7-8-12-24/h4-6,9-10,14-15,17-19H,7-8,11-13,24-25H2,1-3H3,(H,26,31)(H,27,29)(H,28,30)(H,32,33). The van der Waals surface area contributed by atoms with Crippen LogP contribution in [-0.2, 0) is 25.6 Å². The van der Waals surface area contributed by atoms with E-state index in [2.05, 4.69) is 16.0 Å². The summed E-state index contributed by atoms with van der Waals surface area (Å²) in [6.07, 6.45) is 1.76. The van der Waals surface area contributed by atoms with Crippen molar-refractivity contribution in [3.8, 4) is 0 Å². The SMILES string of the molecule is CC(NC(=O)C(NC(=O)C(N)Cc1ccccc1)C(C)C)C(=O)NC(CCCCN)C(=O)O. The molecule has 1 rings (SSSR count). The summed E-state index contributed by atoms with van der Waals surface area (Å²) in [5.74, 6) is -3.08. The third kappa shape index (κ3) is 10.0. The molecule has 0 aromatic heterocycles. The fourth-order valence-corrected chi connectivity index (χ4v) is 3.17. The van der Waals surface area contributed by atoms with E-state index in [-0.39, 0.29) is 12.3 Å². The summed E-state index contributed by atoms with van der Waals surface area (Å²) < 4.78 is 0. The van der Waals surface area contributed by atoms with Crippen LogP contribution in [0.1, 0.15) is 45.6 Å². The minimum absolute atomic E-state index is 0.239. The van der Waals surface area contributed by atoms with Gasteiger partial charge in [0.1, 0.15) is 18.1 Å². The summed E-state index contributed by atoms with van der Waals surface area (Å²) in [5.41, 5.74) is 12.3. The molecule has 10 nitrogen and oxygen atoms in total. The number of hydrogen-bond acceptors (Lipinski definition) is 6. The maximum Gasteiger partial charge on any atom is 0.326 e. The highest BCUT2D eigenvalue weighted by atomic mass is 16.4. The molecule has 0 aliphatic carbocycles. The molecule has 8 N–H and O–H groups in total. The zero-order chi connectivity index (χ0) is 25.0. The Kier molecular flexibility index (Phi) is 12.1. The van der Waals surface area contributed by atoms with Gasteiger partial charge in [-0.1, -0.05) is 44.2 Å². The lowest BCUT2D eigenvalue weighted by atomic mass is 10.0. The largest absolute Gasteiger partial charge is 0.480 e. The molecule has 0 radical (unpaired) electrons. The molecule has 10 heteroatoms. The third-order valence-electron chi connectivity index (χ3n) is 5.20. The van der Waals surface area contributed by atoms with Crippen LogP contribution < -0.4 is 27.4 Å². The van der Waals surface area contributed by atoms with Crippen molar-refractivity contribution < 1.29 is 24.3 Å². The van der Waals surface area contributed by atoms with E-state index in [1.54, 1.807) is 13.8 Å². The Balaban J connectivity index is 2.68. The molecule has 0 heterocycles. The lowest BCUT2D eigenvalue weighted by Crippen LogP contribution is -2.57. The second-order valence-corrected chi connectivity index (χ2v) is 8.44. The predicted octanol–water partition coefficient (Wildman–Crippen LogP) is -0.0997. The van der Waals surface area contributed by atoms with Crippen molar-refractivity contribution >= 4 is 23.7 Å². The van der Waals surface area contributed by atoms with Gasteiger partial charge in [0.2, 0.25) is 17.7 Å². The summed E-state index contributed by atoms with van der Waals surface area (Å²) in [6, 6.07) is 5.48. The number of nitrogens with one attached hydrogen (secondary N) is 3. The highest BCUT2D eigenvalue weighted by Gasteiger charge is 2.29. The first kappa shape index (κ1) is 28.1. The molecule has 0 saturated heterocycles. The molecule has 4 atom stereocenters. The van der Waals surface area contributed by atoms with Crippen LogP contribution in [0, 0.1) is 5.92 Å². The number of nitrogens with two attached hydrogens (primary N) is 2. The number of amides is 3. The number of hydrogen-bond donors (Lipinski definition) is 6. The predicted molar refractivity (Wildman–Crippen MR) is 125 cm³/mol. The molecular formula is C23H37N5O5. The first-order valence-electron chi connectivity index (χ1n) is 11.2. The number of aliphatic carboxylic acids is 1. The molecule has 33 heavy (non-hydrogen) atoms. The van der Waals surface area contributed by atoms with E-state index in [1.165, 1.54) is 6.92 Å². The van der Waals surface area contributed by atoms with Crippen LogP contribution in [0.3, 0.4) is 0 Å². The van der Waals surface area contributed by atoms with Crippen LogP contribution in [0.15, 0.2) is 30.3 Å². The maximum atomic E-state index is 12.8. The number of carboxylic acids is 1. The van der Waals surface area contributed by atoms with Crippen LogP contribution in [0.25, 0.3) is 0 Å². The Morgan fingerprint density at radius 1 is 0.909 bits per heavy atom. The van der Waals surface area contributed by atoms with Crippen molar-refractivity contribution in [2.75, 3.05) is 6.54 Å². The van der Waals surface area contributed by atoms with Crippen molar-refractivity contribution in [3.05, 3.63) is 35.9 Å². The van der Waals surface area contributed by atoms with Gasteiger partial charge in [-0.2, -0.15) is 0 Å². The van der Waals surface area contributed by atoms with Gasteiger partial charge in [-0.25, -0.2) is 4.79 Å². The third-order valence-corrected chi connectivity index (χ3v) is 5.20. The summed E-state index contributed by atoms with van der Waals surface area (Å²) >= 11 is 0. The number of carbonyl (C=O) groups excluding carboxylic acids is 3. The van der Waals surface area contributed by atoms with Crippen molar-refractivity contribution in [2.45, 2.75) is 70.6 Å². The van der Waals surface area contributed by atoms with Gasteiger partial charge in [0.15, 0.2) is 0 Å². The second kappa shape index (κ2) is 14.2. The van der Waals surface area contributed by atoms with E-state index in [9.17, 15) is 24.3 Å². The Morgan fingerprint density at radius 3 is 2.09 bits per heavy atom. The molecule has 0 saturated carbocycles. The number of benzene rings is 1. The monoisotopic (exact) mass is 463 g/mol. The average molecular weight is 464 g/mol. The molecule has 1 aromatic rings. The zero-order valence-electron chi connectivity index (χ0n) is 19.5. The molecule has 1 aromatic carbocycles. The Labute approximate surface area is 194 Å². The van der Waals surface area contributed by atoms with Crippen molar-refractivity contribution in [3.63, 3.8) is 0 Å². The van der Waals surface area contributed by atoms with Crippen molar-refractivity contribution in [2.24, 2.45) is 17.4 Å². The minimum atomic E-state index is -1.15. The molecule has 3 amide bonds. The highest BCUT2D eigenvalue weighted by molar-refractivity contribution is 5.94. The number of carboxylic acid groups (broad SMARTS) is 1. The average Bonchev–Trinajstić information content (AvgIpc) is 2.76. The van der Waals surface area contributed by atoms with Crippen LogP contribution in [0.5, 0.6) is 0 Å². The number of carbonyl (C=O) groups is 4. The lowest BCUT2D eigenvalue weighted by Gasteiger charge is -2.25. The topological polar surface area (TPSA) is 177 Å². The van der Waals surface area contributed by atoms with Gasteiger partial charge >= 0.3 is 5.97 Å². The Morgan fingerprint density at radius 2 is 1.55 bits per heavy atom. The number of rotatable bonds is 14. The Bertz CT molecular complexity index is 787. The van der Waals surface area contributed by atoms with E-state index >= 15 is 0 Å². The first-order valence-corrected chi connectivity index (χ1v) is 11.2. The Hall–Kier alpha value is -2.98. The smallest absolute Gasteiger partial charge is 0.326 e. The van der Waals surface area contributed by atoms with Gasteiger partial charge in [0, 0.05) is 0 Å². The summed E-state index contributed by atoms with van der Waals surface area (Å²) in [6.45, 7) is 5.40. The van der Waals surface area contributed by atoms with Crippen molar-refractivity contribution in [1.82, 2.24) is 16.0 Å². The van der Waals surface area contributed by atoms with Crippen LogP contribution >= 0.6 is 0 Å². The van der Waals surface area contributed by atoms with Crippen LogP contribution in [-0.4, -0.2) is 59.5 Å². The number of unbranched alkanes of at least 4 members (excludes halogenated alkanes) is 1. The second-order valence-electron chi connectivity index (χ2n) is 8.44. The van der Waals surface area contributed by atoms with E-state index in [1.807, 2.05) is 30.3 Å². The lowest BCUT2D eigenvalue weighted by molar-refractivity contribution is -0.142. The summed E-state index contributed by atoms with van der Waals surface area (Å²) in [5, 5.41) is 17.0. The summed E-state index contributed by atoms with van der Waals surface area (Å²) in [7, 11) is 0. The molecule has 0 aliphatic rings. The minimum Gasteiger partial charge on any atom is -0.480 e. The molecule has 0 spiro atoms. The van der Waals surface area contributed by atoms with E-state index < -0.39 is 47.9 Å². The molecule has 0 fully saturated rings. The summed E-state index contributed by atoms with van der Waals surface area (Å²) in [4.78, 5) is 49.2.